The Morgan fingerprint density at radius 1 is 1.05 bits per heavy atom. The summed E-state index contributed by atoms with van der Waals surface area (Å²) in [6.45, 7) is 12.5. The highest BCUT2D eigenvalue weighted by Crippen LogP contribution is 2.44. The van der Waals surface area contributed by atoms with Crippen LogP contribution in [-0.4, -0.2) is 109 Å². The Morgan fingerprint density at radius 3 is 2.35 bits per heavy atom. The molecule has 2 fully saturated rings. The number of aliphatic imine (C=N–C) groups is 1. The average Bonchev–Trinajstić information content (AvgIpc) is 4.01. The SMILES string of the molecule is CC.CCC.CNCC=O.CNc1c(N=CC2CNCN2C)ccc2cc3c(cc12)OCc1cc(-c2cnc(C4CCCN4)[nH]2)ccc1-3.COC.COC=O. The molecule has 3 aliphatic heterocycles. The number of aldehydes is 1. The van der Waals surface area contributed by atoms with Crippen molar-refractivity contribution < 1.29 is 23.8 Å². The van der Waals surface area contributed by atoms with E-state index in [4.69, 9.17) is 14.5 Å². The molecule has 1 aromatic heterocycles. The summed E-state index contributed by atoms with van der Waals surface area (Å²) >= 11 is 0. The summed E-state index contributed by atoms with van der Waals surface area (Å²) in [4.78, 5) is 33.6. The van der Waals surface area contributed by atoms with Crippen LogP contribution in [0.25, 0.3) is 33.2 Å². The number of aromatic nitrogens is 2. The lowest BCUT2D eigenvalue weighted by Crippen LogP contribution is -2.27. The van der Waals surface area contributed by atoms with Crippen molar-refractivity contribution in [2.24, 2.45) is 4.99 Å². The lowest BCUT2D eigenvalue weighted by molar-refractivity contribution is -0.126. The zero-order chi connectivity index (χ0) is 40.6. The topological polar surface area (TPSA) is 154 Å². The molecule has 2 unspecified atom stereocenters. The number of carbonyl (C=O) groups excluding carboxylic acids is 2. The van der Waals surface area contributed by atoms with Gasteiger partial charge >= 0.3 is 0 Å². The second-order valence-electron chi connectivity index (χ2n) is 12.7. The Labute approximate surface area is 328 Å². The molecule has 2 atom stereocenters. The Balaban J connectivity index is 0.000000527. The molecular formula is C42H64N8O5. The van der Waals surface area contributed by atoms with E-state index in [1.54, 1.807) is 21.3 Å². The van der Waals surface area contributed by atoms with Gasteiger partial charge in [-0.3, -0.25) is 14.7 Å². The van der Waals surface area contributed by atoms with Gasteiger partial charge in [0.1, 0.15) is 24.5 Å². The molecule has 0 amide bonds. The van der Waals surface area contributed by atoms with E-state index in [1.165, 1.54) is 31.1 Å². The minimum Gasteiger partial charge on any atom is -0.488 e. The van der Waals surface area contributed by atoms with Crippen LogP contribution in [0.5, 0.6) is 5.75 Å². The van der Waals surface area contributed by atoms with Crippen molar-refractivity contribution in [2.75, 3.05) is 74.1 Å². The van der Waals surface area contributed by atoms with Crippen LogP contribution in [0.1, 0.15) is 64.4 Å². The van der Waals surface area contributed by atoms with E-state index < -0.39 is 0 Å². The van der Waals surface area contributed by atoms with Crippen molar-refractivity contribution >= 4 is 41.1 Å². The third kappa shape index (κ3) is 13.5. The molecule has 4 heterocycles. The fraction of sp³-hybridized carbons (Fsp3) is 0.476. The molecule has 0 spiro atoms. The third-order valence-corrected chi connectivity index (χ3v) is 8.47. The van der Waals surface area contributed by atoms with Crippen molar-refractivity contribution in [3.05, 3.63) is 60.0 Å². The van der Waals surface area contributed by atoms with E-state index in [1.807, 2.05) is 33.3 Å². The number of aromatic amines is 1. The first-order chi connectivity index (χ1) is 26.8. The lowest BCUT2D eigenvalue weighted by atomic mass is 9.92. The monoisotopic (exact) mass is 760 g/mol. The van der Waals surface area contributed by atoms with Crippen molar-refractivity contribution in [2.45, 2.75) is 65.6 Å². The zero-order valence-corrected chi connectivity index (χ0v) is 34.5. The molecule has 55 heavy (non-hydrogen) atoms. The van der Waals surface area contributed by atoms with Crippen LogP contribution in [0.15, 0.2) is 53.7 Å². The zero-order valence-electron chi connectivity index (χ0n) is 34.5. The van der Waals surface area contributed by atoms with E-state index >= 15 is 0 Å². The molecule has 0 aliphatic carbocycles. The molecule has 0 radical (unpaired) electrons. The number of benzene rings is 3. The van der Waals surface area contributed by atoms with Gasteiger partial charge in [-0.2, -0.15) is 0 Å². The number of rotatable bonds is 8. The first-order valence-electron chi connectivity index (χ1n) is 19.1. The van der Waals surface area contributed by atoms with Crippen LogP contribution in [0.4, 0.5) is 11.4 Å². The maximum absolute atomic E-state index is 9.34. The van der Waals surface area contributed by atoms with Gasteiger partial charge in [0.05, 0.1) is 49.0 Å². The van der Waals surface area contributed by atoms with Gasteiger partial charge in [-0.25, -0.2) is 4.98 Å². The number of likely N-dealkylation sites (N-methyl/N-ethyl adjacent to an activating group) is 2. The molecule has 0 bridgehead atoms. The summed E-state index contributed by atoms with van der Waals surface area (Å²) in [5.41, 5.74) is 7.68. The van der Waals surface area contributed by atoms with Crippen molar-refractivity contribution in [1.82, 2.24) is 30.8 Å². The minimum atomic E-state index is 0.302. The van der Waals surface area contributed by atoms with Gasteiger partial charge in [-0.05, 0) is 79.8 Å². The van der Waals surface area contributed by atoms with E-state index in [2.05, 4.69) is 109 Å². The number of nitrogens with zero attached hydrogens (tertiary/aromatic N) is 3. The summed E-state index contributed by atoms with van der Waals surface area (Å²) in [5.74, 6) is 1.94. The number of ether oxygens (including phenoxy) is 3. The molecule has 302 valence electrons. The highest BCUT2D eigenvalue weighted by Gasteiger charge is 2.23. The molecule has 3 aromatic carbocycles. The second-order valence-corrected chi connectivity index (χ2v) is 12.7. The average molecular weight is 761 g/mol. The van der Waals surface area contributed by atoms with Gasteiger partial charge in [-0.1, -0.05) is 52.3 Å². The quantitative estimate of drug-likeness (QED) is 0.0961. The molecule has 13 heteroatoms. The Kier molecular flexibility index (Phi) is 22.1. The predicted molar refractivity (Wildman–Crippen MR) is 227 cm³/mol. The fourth-order valence-corrected chi connectivity index (χ4v) is 6.00. The molecule has 7 rings (SSSR count). The molecule has 3 aliphatic rings. The number of carbonyl (C=O) groups is 2. The van der Waals surface area contributed by atoms with Crippen LogP contribution in [0.2, 0.25) is 0 Å². The Morgan fingerprint density at radius 2 is 1.78 bits per heavy atom. The minimum absolute atomic E-state index is 0.302. The Bertz CT molecular complexity index is 1740. The van der Waals surface area contributed by atoms with Crippen molar-refractivity contribution in [3.63, 3.8) is 0 Å². The lowest BCUT2D eigenvalue weighted by Gasteiger charge is -2.23. The number of nitrogens with one attached hydrogen (secondary N) is 5. The van der Waals surface area contributed by atoms with Crippen molar-refractivity contribution in [1.29, 1.82) is 0 Å². The van der Waals surface area contributed by atoms with Gasteiger partial charge in [0.2, 0.25) is 0 Å². The molecule has 5 N–H and O–H groups in total. The normalized spacial score (nSPS) is 16.4. The van der Waals surface area contributed by atoms with Crippen LogP contribution in [0.3, 0.4) is 0 Å². The second kappa shape index (κ2) is 26.2. The van der Waals surface area contributed by atoms with E-state index in [0.717, 1.165) is 83.0 Å². The van der Waals surface area contributed by atoms with Crippen LogP contribution >= 0.6 is 0 Å². The van der Waals surface area contributed by atoms with Gasteiger partial charge in [0.25, 0.3) is 6.47 Å². The summed E-state index contributed by atoms with van der Waals surface area (Å²) in [6.07, 6.45) is 8.39. The smallest absolute Gasteiger partial charge is 0.292 e. The van der Waals surface area contributed by atoms with Gasteiger partial charge in [0, 0.05) is 51.6 Å². The first-order valence-corrected chi connectivity index (χ1v) is 19.1. The summed E-state index contributed by atoms with van der Waals surface area (Å²) in [5, 5.41) is 15.2. The van der Waals surface area contributed by atoms with E-state index in [0.29, 0.717) is 31.7 Å². The number of H-pyrrole nitrogens is 1. The maximum atomic E-state index is 9.34. The van der Waals surface area contributed by atoms with Crippen LogP contribution in [0, 0.1) is 0 Å². The maximum Gasteiger partial charge on any atom is 0.292 e. The highest BCUT2D eigenvalue weighted by molar-refractivity contribution is 6.03. The number of fused-ring (bicyclic) bond motifs is 4. The molecule has 2 saturated heterocycles. The van der Waals surface area contributed by atoms with Crippen molar-refractivity contribution in [3.8, 4) is 28.1 Å². The fourth-order valence-electron chi connectivity index (χ4n) is 6.00. The Hall–Kier alpha value is -4.66. The number of methoxy groups -OCH3 is 2. The largest absolute Gasteiger partial charge is 0.488 e. The molecule has 13 nitrogen and oxygen atoms in total. The molecule has 4 aromatic rings. The highest BCUT2D eigenvalue weighted by atomic mass is 16.5. The number of imidazole rings is 1. The third-order valence-electron chi connectivity index (χ3n) is 8.47. The number of hydrogen-bond donors (Lipinski definition) is 5. The van der Waals surface area contributed by atoms with Crippen LogP contribution < -0.4 is 26.0 Å². The summed E-state index contributed by atoms with van der Waals surface area (Å²) < 4.78 is 14.4. The molecule has 0 saturated carbocycles. The molecular weight excluding hydrogens is 697 g/mol. The number of anilines is 1. The van der Waals surface area contributed by atoms with E-state index in [-0.39, 0.29) is 0 Å². The number of hydrogen-bond acceptors (Lipinski definition) is 12. The van der Waals surface area contributed by atoms with Crippen LogP contribution in [-0.2, 0) is 25.7 Å². The van der Waals surface area contributed by atoms with Gasteiger partial charge < -0.3 is 45.3 Å². The van der Waals surface area contributed by atoms with Gasteiger partial charge in [0.15, 0.2) is 0 Å². The standard InChI is InChI=1S/C30H33N7O.C3H7NO.C3H8.C2H4O2.C2H6O.C2H6/c1-31-29-23-12-28-24(11-18(23)6-8-25(29)34-14-21-13-32-17-37(21)2)22-7-5-19(10-20(22)16-38-28)27-15-35-30(36-27)26-4-3-9-33-26;1-4-2-3-5;1-3-2;1-4-2-3;1-3-2;1-2/h5-8,10-12,14-15,21,26,31-33H,3-4,9,13,16-17H2,1-2H3,(H,35,36);3-4H,2H2,1H3;3H2,1-2H3;2H,1H3;1-2H3;1-2H3. The first kappa shape index (κ1) is 46.5. The summed E-state index contributed by atoms with van der Waals surface area (Å²) in [6, 6.07) is 15.9. The summed E-state index contributed by atoms with van der Waals surface area (Å²) in [7, 11) is 10.4. The predicted octanol–water partition coefficient (Wildman–Crippen LogP) is 6.72. The van der Waals surface area contributed by atoms with Gasteiger partial charge in [-0.15, -0.1) is 0 Å². The van der Waals surface area contributed by atoms with E-state index in [9.17, 15) is 4.79 Å².